The standard InChI is InChI=1S/C21H22N4O2S/c1-21(2,22)14-25-12-10-16-13-17(8-9-18(16)25)24-28(26,27)19-7-3-5-15-6-4-11-23-20(15)19/h3-13,24H,14,22H2,1-2H3. The molecule has 0 unspecified atom stereocenters. The lowest BCUT2D eigenvalue weighted by Gasteiger charge is -2.20. The van der Waals surface area contributed by atoms with E-state index < -0.39 is 10.0 Å². The number of fused-ring (bicyclic) bond motifs is 2. The van der Waals surface area contributed by atoms with Gasteiger partial charge in [0.05, 0.1) is 5.52 Å². The van der Waals surface area contributed by atoms with Crippen LogP contribution in [0.25, 0.3) is 21.8 Å². The highest BCUT2D eigenvalue weighted by molar-refractivity contribution is 7.93. The molecule has 7 heteroatoms. The summed E-state index contributed by atoms with van der Waals surface area (Å²) in [6, 6.07) is 16.2. The van der Waals surface area contributed by atoms with Crippen molar-refractivity contribution in [2.75, 3.05) is 4.72 Å². The van der Waals surface area contributed by atoms with Crippen LogP contribution < -0.4 is 10.5 Å². The van der Waals surface area contributed by atoms with E-state index in [-0.39, 0.29) is 10.4 Å². The zero-order valence-electron chi connectivity index (χ0n) is 15.8. The minimum absolute atomic E-state index is 0.160. The second-order valence-electron chi connectivity index (χ2n) is 7.64. The summed E-state index contributed by atoms with van der Waals surface area (Å²) in [5.74, 6) is 0. The summed E-state index contributed by atoms with van der Waals surface area (Å²) < 4.78 is 30.7. The summed E-state index contributed by atoms with van der Waals surface area (Å²) in [7, 11) is -3.77. The van der Waals surface area contributed by atoms with Gasteiger partial charge in [-0.3, -0.25) is 9.71 Å². The maximum absolute atomic E-state index is 13.0. The minimum Gasteiger partial charge on any atom is -0.346 e. The van der Waals surface area contributed by atoms with E-state index in [1.807, 2.05) is 50.4 Å². The molecule has 6 nitrogen and oxygen atoms in total. The van der Waals surface area contributed by atoms with Crippen LogP contribution >= 0.6 is 0 Å². The number of sulfonamides is 1. The topological polar surface area (TPSA) is 90.0 Å². The predicted molar refractivity (Wildman–Crippen MR) is 113 cm³/mol. The van der Waals surface area contributed by atoms with E-state index >= 15 is 0 Å². The molecule has 2 aromatic heterocycles. The molecule has 0 saturated heterocycles. The van der Waals surface area contributed by atoms with Crippen molar-refractivity contribution in [3.8, 4) is 0 Å². The van der Waals surface area contributed by atoms with Crippen LogP contribution in [0.3, 0.4) is 0 Å². The molecule has 0 bridgehead atoms. The van der Waals surface area contributed by atoms with Crippen molar-refractivity contribution in [2.24, 2.45) is 5.73 Å². The van der Waals surface area contributed by atoms with Gasteiger partial charge in [-0.2, -0.15) is 0 Å². The summed E-state index contributed by atoms with van der Waals surface area (Å²) in [6.45, 7) is 4.61. The molecule has 144 valence electrons. The Morgan fingerprint density at radius 3 is 2.64 bits per heavy atom. The number of benzene rings is 2. The Kier molecular flexibility index (Phi) is 4.36. The van der Waals surface area contributed by atoms with Crippen LogP contribution in [0, 0.1) is 0 Å². The molecule has 0 atom stereocenters. The molecule has 2 heterocycles. The lowest BCUT2D eigenvalue weighted by atomic mass is 10.1. The Bertz CT molecular complexity index is 1270. The quantitative estimate of drug-likeness (QED) is 0.540. The fraction of sp³-hybridized carbons (Fsp3) is 0.190. The molecule has 28 heavy (non-hydrogen) atoms. The van der Waals surface area contributed by atoms with E-state index in [1.165, 1.54) is 0 Å². The molecule has 0 aliphatic rings. The lowest BCUT2D eigenvalue weighted by molar-refractivity contribution is 0.441. The van der Waals surface area contributed by atoms with Gasteiger partial charge >= 0.3 is 0 Å². The zero-order chi connectivity index (χ0) is 19.9. The van der Waals surface area contributed by atoms with Crippen LogP contribution in [0.5, 0.6) is 0 Å². The van der Waals surface area contributed by atoms with Crippen molar-refractivity contribution >= 4 is 37.5 Å². The van der Waals surface area contributed by atoms with Gasteiger partial charge in [-0.1, -0.05) is 18.2 Å². The molecule has 0 spiro atoms. The first kappa shape index (κ1) is 18.5. The molecule has 4 rings (SSSR count). The number of hydrogen-bond acceptors (Lipinski definition) is 4. The van der Waals surface area contributed by atoms with Crippen LogP contribution in [0.2, 0.25) is 0 Å². The number of pyridine rings is 1. The van der Waals surface area contributed by atoms with Crippen LogP contribution in [-0.2, 0) is 16.6 Å². The van der Waals surface area contributed by atoms with Crippen molar-refractivity contribution in [2.45, 2.75) is 30.8 Å². The van der Waals surface area contributed by atoms with E-state index in [0.717, 1.165) is 16.3 Å². The minimum atomic E-state index is -3.77. The third-order valence-corrected chi connectivity index (χ3v) is 5.90. The van der Waals surface area contributed by atoms with E-state index in [4.69, 9.17) is 5.73 Å². The predicted octanol–water partition coefficient (Wildman–Crippen LogP) is 3.73. The van der Waals surface area contributed by atoms with Gasteiger partial charge in [0.15, 0.2) is 0 Å². The van der Waals surface area contributed by atoms with Gasteiger partial charge in [0, 0.05) is 46.5 Å². The first-order chi connectivity index (χ1) is 13.2. The number of para-hydroxylation sites is 1. The van der Waals surface area contributed by atoms with Crippen LogP contribution in [0.15, 0.2) is 71.9 Å². The zero-order valence-corrected chi connectivity index (χ0v) is 16.6. The third kappa shape index (κ3) is 3.58. The molecular weight excluding hydrogens is 372 g/mol. The van der Waals surface area contributed by atoms with E-state index in [9.17, 15) is 8.42 Å². The summed E-state index contributed by atoms with van der Waals surface area (Å²) in [5.41, 5.74) is 7.75. The Balaban J connectivity index is 1.69. The van der Waals surface area contributed by atoms with Crippen LogP contribution in [0.4, 0.5) is 5.69 Å². The van der Waals surface area contributed by atoms with Gasteiger partial charge in [0.25, 0.3) is 10.0 Å². The highest BCUT2D eigenvalue weighted by atomic mass is 32.2. The van der Waals surface area contributed by atoms with Gasteiger partial charge < -0.3 is 10.3 Å². The van der Waals surface area contributed by atoms with E-state index in [2.05, 4.69) is 14.3 Å². The fourth-order valence-electron chi connectivity index (χ4n) is 3.34. The lowest BCUT2D eigenvalue weighted by Crippen LogP contribution is -2.36. The van der Waals surface area contributed by atoms with Gasteiger partial charge in [-0.15, -0.1) is 0 Å². The molecule has 0 radical (unpaired) electrons. The molecular formula is C21H22N4O2S. The first-order valence-corrected chi connectivity index (χ1v) is 10.5. The average molecular weight is 395 g/mol. The van der Waals surface area contributed by atoms with Crippen molar-refractivity contribution in [1.82, 2.24) is 9.55 Å². The van der Waals surface area contributed by atoms with Gasteiger partial charge in [-0.05, 0) is 50.2 Å². The highest BCUT2D eigenvalue weighted by Gasteiger charge is 2.19. The number of nitrogens with one attached hydrogen (secondary N) is 1. The van der Waals surface area contributed by atoms with Gasteiger partial charge in [-0.25, -0.2) is 8.42 Å². The molecule has 4 aromatic rings. The molecule has 2 aromatic carbocycles. The number of rotatable bonds is 5. The Labute approximate surface area is 164 Å². The number of anilines is 1. The van der Waals surface area contributed by atoms with E-state index in [0.29, 0.717) is 17.7 Å². The van der Waals surface area contributed by atoms with Crippen molar-refractivity contribution in [3.63, 3.8) is 0 Å². The number of aromatic nitrogens is 2. The second kappa shape index (κ2) is 6.61. The molecule has 3 N–H and O–H groups in total. The monoisotopic (exact) mass is 394 g/mol. The smallest absolute Gasteiger partial charge is 0.264 e. The van der Waals surface area contributed by atoms with E-state index in [1.54, 1.807) is 30.5 Å². The van der Waals surface area contributed by atoms with Crippen LogP contribution in [0.1, 0.15) is 13.8 Å². The number of nitrogens with zero attached hydrogens (tertiary/aromatic N) is 2. The number of hydrogen-bond donors (Lipinski definition) is 2. The van der Waals surface area contributed by atoms with Crippen molar-refractivity contribution < 1.29 is 8.42 Å². The summed E-state index contributed by atoms with van der Waals surface area (Å²) in [6.07, 6.45) is 3.56. The Morgan fingerprint density at radius 2 is 1.86 bits per heavy atom. The molecule has 0 aliphatic heterocycles. The SMILES string of the molecule is CC(C)(N)Cn1ccc2cc(NS(=O)(=O)c3cccc4cccnc34)ccc21. The Morgan fingerprint density at radius 1 is 1.07 bits per heavy atom. The van der Waals surface area contributed by atoms with Gasteiger partial charge in [0.2, 0.25) is 0 Å². The maximum Gasteiger partial charge on any atom is 0.264 e. The molecule has 0 fully saturated rings. The van der Waals surface area contributed by atoms with Gasteiger partial charge in [0.1, 0.15) is 4.90 Å². The third-order valence-electron chi connectivity index (χ3n) is 4.49. The largest absolute Gasteiger partial charge is 0.346 e. The normalized spacial score (nSPS) is 12.5. The summed E-state index contributed by atoms with van der Waals surface area (Å²) in [5, 5.41) is 1.72. The summed E-state index contributed by atoms with van der Waals surface area (Å²) in [4.78, 5) is 4.40. The van der Waals surface area contributed by atoms with Crippen LogP contribution in [-0.4, -0.2) is 23.5 Å². The molecule has 0 amide bonds. The molecule has 0 aliphatic carbocycles. The highest BCUT2D eigenvalue weighted by Crippen LogP contribution is 2.26. The number of nitrogens with two attached hydrogens (primary N) is 1. The summed E-state index contributed by atoms with van der Waals surface area (Å²) >= 11 is 0. The Hall–Kier alpha value is -2.90. The first-order valence-electron chi connectivity index (χ1n) is 8.97. The second-order valence-corrected chi connectivity index (χ2v) is 9.29. The van der Waals surface area contributed by atoms with Crippen molar-refractivity contribution in [1.29, 1.82) is 0 Å². The maximum atomic E-state index is 13.0. The molecule has 0 saturated carbocycles. The van der Waals surface area contributed by atoms with Crippen molar-refractivity contribution in [3.05, 3.63) is 67.0 Å². The average Bonchev–Trinajstić information content (AvgIpc) is 3.01. The fourth-order valence-corrected chi connectivity index (χ4v) is 4.57.